The highest BCUT2D eigenvalue weighted by atomic mass is 17.2. The van der Waals surface area contributed by atoms with Crippen LogP contribution >= 0.6 is 0 Å². The van der Waals surface area contributed by atoms with Crippen molar-refractivity contribution in [3.8, 4) is 0 Å². The molecule has 0 saturated carbocycles. The molecule has 0 aromatic carbocycles. The number of carbonyl (C=O) groups excluding carboxylic acids is 2. The zero-order valence-corrected chi connectivity index (χ0v) is 17.0. The maximum absolute atomic E-state index is 11.5. The maximum atomic E-state index is 11.5. The molecule has 158 valence electrons. The lowest BCUT2D eigenvalue weighted by Crippen LogP contribution is -2.38. The molecule has 9 nitrogen and oxygen atoms in total. The van der Waals surface area contributed by atoms with Gasteiger partial charge in [-0.1, -0.05) is 0 Å². The molecule has 0 aromatic rings. The normalized spacial score (nSPS) is 17.7. The third kappa shape index (κ3) is 11.2. The minimum atomic E-state index is -0.189. The number of ether oxygens (including phenoxy) is 2. The second-order valence-corrected chi connectivity index (χ2v) is 6.52. The Morgan fingerprint density at radius 2 is 1.11 bits per heavy atom. The lowest BCUT2D eigenvalue weighted by molar-refractivity contribution is -0.272. The Balaban J connectivity index is 2.57. The van der Waals surface area contributed by atoms with Crippen molar-refractivity contribution in [1.29, 1.82) is 0 Å². The summed E-state index contributed by atoms with van der Waals surface area (Å²) in [5.74, 6) is -0.378. The fourth-order valence-electron chi connectivity index (χ4n) is 2.99. The average molecular weight is 389 g/mol. The van der Waals surface area contributed by atoms with Gasteiger partial charge in [-0.05, 0) is 6.42 Å². The van der Waals surface area contributed by atoms with Crippen LogP contribution in [0.5, 0.6) is 0 Å². The summed E-state index contributed by atoms with van der Waals surface area (Å²) < 4.78 is 9.51. The first-order valence-electron chi connectivity index (χ1n) is 9.55. The largest absolute Gasteiger partial charge is 0.469 e. The molecule has 1 saturated heterocycles. The van der Waals surface area contributed by atoms with Crippen molar-refractivity contribution in [3.05, 3.63) is 0 Å². The Morgan fingerprint density at radius 3 is 1.48 bits per heavy atom. The summed E-state index contributed by atoms with van der Waals surface area (Å²) >= 11 is 0. The van der Waals surface area contributed by atoms with E-state index in [2.05, 4.69) is 19.6 Å². The van der Waals surface area contributed by atoms with Crippen LogP contribution in [0, 0.1) is 0 Å². The molecule has 0 bridgehead atoms. The molecule has 0 N–H and O–H groups in total. The summed E-state index contributed by atoms with van der Waals surface area (Å²) in [5.41, 5.74) is 0. The topological polar surface area (TPSA) is 80.8 Å². The van der Waals surface area contributed by atoms with Crippen molar-refractivity contribution in [3.63, 3.8) is 0 Å². The second kappa shape index (κ2) is 14.8. The highest BCUT2D eigenvalue weighted by Gasteiger charge is 2.18. The van der Waals surface area contributed by atoms with Gasteiger partial charge in [0, 0.05) is 58.9 Å². The van der Waals surface area contributed by atoms with E-state index in [-0.39, 0.29) is 11.9 Å². The zero-order valence-electron chi connectivity index (χ0n) is 17.0. The molecule has 1 rings (SSSR count). The van der Waals surface area contributed by atoms with Crippen molar-refractivity contribution < 1.29 is 28.8 Å². The van der Waals surface area contributed by atoms with Gasteiger partial charge in [0.2, 0.25) is 0 Å². The average Bonchev–Trinajstić information content (AvgIpc) is 2.78. The van der Waals surface area contributed by atoms with Crippen molar-refractivity contribution in [2.75, 3.05) is 86.8 Å². The van der Waals surface area contributed by atoms with E-state index in [1.807, 2.05) is 0 Å². The number of esters is 2. The molecule has 0 aromatic heterocycles. The molecular weight excluding hydrogens is 354 g/mol. The van der Waals surface area contributed by atoms with Crippen LogP contribution in [0.25, 0.3) is 0 Å². The van der Waals surface area contributed by atoms with Gasteiger partial charge in [-0.3, -0.25) is 9.59 Å². The van der Waals surface area contributed by atoms with Gasteiger partial charge in [-0.15, -0.1) is 0 Å². The van der Waals surface area contributed by atoms with Gasteiger partial charge in [-0.2, -0.15) is 0 Å². The Kier molecular flexibility index (Phi) is 13.0. The van der Waals surface area contributed by atoms with Crippen LogP contribution in [0.15, 0.2) is 0 Å². The summed E-state index contributed by atoms with van der Waals surface area (Å²) in [6.07, 6.45) is 1.67. The van der Waals surface area contributed by atoms with Crippen LogP contribution in [0.4, 0.5) is 0 Å². The van der Waals surface area contributed by atoms with Crippen LogP contribution in [-0.2, 0) is 28.8 Å². The number of hydrogen-bond donors (Lipinski definition) is 0. The number of rotatable bonds is 11. The van der Waals surface area contributed by atoms with Crippen molar-refractivity contribution in [2.45, 2.75) is 19.3 Å². The standard InChI is InChI=1S/C18H35N3O6/c1-24-17(22)5-8-20-12-10-19(7-4-16-27-26-3)11-13-21(15-14-20)9-6-18(23)25-2/h4-16H2,1-3H3. The predicted molar refractivity (Wildman–Crippen MR) is 100 cm³/mol. The molecule has 1 fully saturated rings. The van der Waals surface area contributed by atoms with E-state index in [1.165, 1.54) is 21.3 Å². The van der Waals surface area contributed by atoms with Crippen LogP contribution in [0.3, 0.4) is 0 Å². The monoisotopic (exact) mass is 389 g/mol. The quantitative estimate of drug-likeness (QED) is 0.210. The van der Waals surface area contributed by atoms with Crippen LogP contribution in [0.1, 0.15) is 19.3 Å². The molecular formula is C18H35N3O6. The summed E-state index contributed by atoms with van der Waals surface area (Å²) in [5, 5.41) is 0. The lowest BCUT2D eigenvalue weighted by atomic mass is 10.3. The van der Waals surface area contributed by atoms with Crippen LogP contribution in [-0.4, -0.2) is 113 Å². The fourth-order valence-corrected chi connectivity index (χ4v) is 2.99. The van der Waals surface area contributed by atoms with Gasteiger partial charge < -0.3 is 24.2 Å². The minimum absolute atomic E-state index is 0.189. The maximum Gasteiger partial charge on any atom is 0.306 e. The number of nitrogens with zero attached hydrogens (tertiary/aromatic N) is 3. The first-order valence-corrected chi connectivity index (χ1v) is 9.55. The molecule has 0 atom stereocenters. The molecule has 0 spiro atoms. The Labute approximate surface area is 162 Å². The molecule has 1 aliphatic rings. The van der Waals surface area contributed by atoms with Crippen molar-refractivity contribution in [2.24, 2.45) is 0 Å². The Hall–Kier alpha value is -1.26. The molecule has 0 amide bonds. The summed E-state index contributed by atoms with van der Waals surface area (Å²) in [7, 11) is 4.34. The van der Waals surface area contributed by atoms with Crippen LogP contribution < -0.4 is 0 Å². The molecule has 0 radical (unpaired) electrons. The van der Waals surface area contributed by atoms with E-state index >= 15 is 0 Å². The molecule has 0 aliphatic carbocycles. The van der Waals surface area contributed by atoms with Crippen LogP contribution in [0.2, 0.25) is 0 Å². The highest BCUT2D eigenvalue weighted by molar-refractivity contribution is 5.69. The second-order valence-electron chi connectivity index (χ2n) is 6.52. The lowest BCUT2D eigenvalue weighted by Gasteiger charge is -2.25. The van der Waals surface area contributed by atoms with Gasteiger partial charge in [0.1, 0.15) is 0 Å². The van der Waals surface area contributed by atoms with E-state index in [1.54, 1.807) is 0 Å². The third-order valence-corrected chi connectivity index (χ3v) is 4.74. The van der Waals surface area contributed by atoms with Crippen molar-refractivity contribution in [1.82, 2.24) is 14.7 Å². The van der Waals surface area contributed by atoms with Gasteiger partial charge >= 0.3 is 11.9 Å². The number of methoxy groups -OCH3 is 2. The van der Waals surface area contributed by atoms with E-state index in [9.17, 15) is 9.59 Å². The fraction of sp³-hybridized carbons (Fsp3) is 0.889. The predicted octanol–water partition coefficient (Wildman–Crippen LogP) is 0.000300. The summed E-state index contributed by atoms with van der Waals surface area (Å²) in [6.45, 7) is 8.20. The molecule has 1 heterocycles. The van der Waals surface area contributed by atoms with Gasteiger partial charge in [0.05, 0.1) is 40.8 Å². The summed E-state index contributed by atoms with van der Waals surface area (Å²) in [4.78, 5) is 39.5. The van der Waals surface area contributed by atoms with E-state index in [0.29, 0.717) is 32.5 Å². The first kappa shape index (κ1) is 23.8. The molecule has 9 heteroatoms. The Morgan fingerprint density at radius 1 is 0.704 bits per heavy atom. The van der Waals surface area contributed by atoms with E-state index in [0.717, 1.165) is 52.2 Å². The Bertz CT molecular complexity index is 392. The van der Waals surface area contributed by atoms with Gasteiger partial charge in [-0.25, -0.2) is 9.78 Å². The van der Waals surface area contributed by atoms with Gasteiger partial charge in [0.15, 0.2) is 0 Å². The SMILES string of the molecule is COOCCCN1CCN(CCC(=O)OC)CCN(CCC(=O)OC)CC1. The number of carbonyl (C=O) groups is 2. The smallest absolute Gasteiger partial charge is 0.306 e. The zero-order chi connectivity index (χ0) is 19.9. The van der Waals surface area contributed by atoms with E-state index in [4.69, 9.17) is 14.4 Å². The molecule has 1 aliphatic heterocycles. The highest BCUT2D eigenvalue weighted by Crippen LogP contribution is 2.04. The number of hydrogen-bond acceptors (Lipinski definition) is 9. The third-order valence-electron chi connectivity index (χ3n) is 4.74. The minimum Gasteiger partial charge on any atom is -0.469 e. The van der Waals surface area contributed by atoms with E-state index < -0.39 is 0 Å². The van der Waals surface area contributed by atoms with Gasteiger partial charge in [0.25, 0.3) is 0 Å². The first-order chi connectivity index (χ1) is 13.1. The molecule has 27 heavy (non-hydrogen) atoms. The summed E-state index contributed by atoms with van der Waals surface area (Å²) in [6, 6.07) is 0. The molecule has 0 unspecified atom stereocenters. The van der Waals surface area contributed by atoms with Crippen molar-refractivity contribution >= 4 is 11.9 Å².